The van der Waals surface area contributed by atoms with Gasteiger partial charge < -0.3 is 15.4 Å². The van der Waals surface area contributed by atoms with Crippen LogP contribution >= 0.6 is 0 Å². The molecule has 1 heterocycles. The molecule has 1 aliphatic heterocycles. The van der Waals surface area contributed by atoms with Crippen LogP contribution in [-0.4, -0.2) is 62.4 Å². The van der Waals surface area contributed by atoms with Crippen molar-refractivity contribution in [2.24, 2.45) is 0 Å². The van der Waals surface area contributed by atoms with Crippen molar-refractivity contribution in [3.05, 3.63) is 0 Å². The molecule has 18 heavy (non-hydrogen) atoms. The van der Waals surface area contributed by atoms with Gasteiger partial charge in [-0.05, 0) is 33.1 Å². The average molecular weight is 255 g/mol. The van der Waals surface area contributed by atoms with E-state index in [4.69, 9.17) is 4.74 Å². The lowest BCUT2D eigenvalue weighted by atomic mass is 10.0. The minimum absolute atomic E-state index is 0.239. The van der Waals surface area contributed by atoms with Crippen molar-refractivity contribution in [1.82, 2.24) is 15.5 Å². The van der Waals surface area contributed by atoms with Crippen molar-refractivity contribution in [3.63, 3.8) is 0 Å². The van der Waals surface area contributed by atoms with E-state index in [-0.39, 0.29) is 5.54 Å². The van der Waals surface area contributed by atoms with Gasteiger partial charge in [-0.3, -0.25) is 4.90 Å². The minimum Gasteiger partial charge on any atom is -0.380 e. The molecule has 4 heteroatoms. The summed E-state index contributed by atoms with van der Waals surface area (Å²) < 4.78 is 5.55. The summed E-state index contributed by atoms with van der Waals surface area (Å²) in [6.07, 6.45) is 4.19. The predicted octanol–water partition coefficient (Wildman–Crippen LogP) is 0.827. The molecule has 0 bridgehead atoms. The van der Waals surface area contributed by atoms with Crippen molar-refractivity contribution < 1.29 is 4.74 Å². The molecule has 1 saturated heterocycles. The van der Waals surface area contributed by atoms with E-state index in [9.17, 15) is 0 Å². The predicted molar refractivity (Wildman–Crippen MR) is 75.0 cm³/mol. The van der Waals surface area contributed by atoms with Gasteiger partial charge in [0.05, 0.1) is 6.10 Å². The quantitative estimate of drug-likeness (QED) is 0.763. The molecule has 2 unspecified atom stereocenters. The van der Waals surface area contributed by atoms with Gasteiger partial charge in [0.2, 0.25) is 0 Å². The van der Waals surface area contributed by atoms with Crippen LogP contribution in [0.1, 0.15) is 33.1 Å². The van der Waals surface area contributed by atoms with E-state index in [0.29, 0.717) is 12.1 Å². The van der Waals surface area contributed by atoms with E-state index in [1.807, 2.05) is 7.11 Å². The number of piperazine rings is 1. The lowest BCUT2D eigenvalue weighted by molar-refractivity contribution is 0.0666. The highest BCUT2D eigenvalue weighted by Gasteiger charge is 2.31. The molecule has 0 amide bonds. The SMILES string of the molecule is COC1CCCC1NCC(C)(C)N1CCNCC1. The smallest absolute Gasteiger partial charge is 0.0724 e. The Morgan fingerprint density at radius 3 is 2.67 bits per heavy atom. The Kier molecular flexibility index (Phi) is 5.01. The Hall–Kier alpha value is -0.160. The van der Waals surface area contributed by atoms with Crippen molar-refractivity contribution in [3.8, 4) is 0 Å². The maximum absolute atomic E-state index is 5.55. The van der Waals surface area contributed by atoms with Crippen molar-refractivity contribution in [2.75, 3.05) is 39.8 Å². The third kappa shape index (κ3) is 3.44. The van der Waals surface area contributed by atoms with Gasteiger partial charge >= 0.3 is 0 Å². The van der Waals surface area contributed by atoms with E-state index < -0.39 is 0 Å². The summed E-state index contributed by atoms with van der Waals surface area (Å²) in [7, 11) is 1.84. The molecule has 2 N–H and O–H groups in total. The lowest BCUT2D eigenvalue weighted by Gasteiger charge is -2.42. The number of rotatable bonds is 5. The number of methoxy groups -OCH3 is 1. The van der Waals surface area contributed by atoms with Crippen LogP contribution in [0.3, 0.4) is 0 Å². The number of hydrogen-bond acceptors (Lipinski definition) is 4. The summed E-state index contributed by atoms with van der Waals surface area (Å²) in [5, 5.41) is 7.15. The van der Waals surface area contributed by atoms with Crippen LogP contribution in [0.25, 0.3) is 0 Å². The van der Waals surface area contributed by atoms with Gasteiger partial charge in [-0.1, -0.05) is 0 Å². The molecule has 0 aromatic carbocycles. The molecular weight excluding hydrogens is 226 g/mol. The Balaban J connectivity index is 1.80. The number of ether oxygens (including phenoxy) is 1. The Morgan fingerprint density at radius 1 is 1.28 bits per heavy atom. The first-order chi connectivity index (χ1) is 8.63. The largest absolute Gasteiger partial charge is 0.380 e. The van der Waals surface area contributed by atoms with Crippen LogP contribution in [0.2, 0.25) is 0 Å². The Bertz CT molecular complexity index is 251. The Morgan fingerprint density at radius 2 is 2.00 bits per heavy atom. The van der Waals surface area contributed by atoms with Gasteiger partial charge in [0.15, 0.2) is 0 Å². The van der Waals surface area contributed by atoms with Gasteiger partial charge in [-0.15, -0.1) is 0 Å². The normalized spacial score (nSPS) is 30.8. The second-order valence-corrected chi connectivity index (χ2v) is 6.24. The van der Waals surface area contributed by atoms with E-state index in [1.165, 1.54) is 19.3 Å². The third-order valence-electron chi connectivity index (χ3n) is 4.53. The topological polar surface area (TPSA) is 36.5 Å². The molecule has 2 aliphatic rings. The van der Waals surface area contributed by atoms with Crippen LogP contribution in [-0.2, 0) is 4.74 Å². The van der Waals surface area contributed by atoms with E-state index in [1.54, 1.807) is 0 Å². The Labute approximate surface area is 111 Å². The fourth-order valence-electron chi connectivity index (χ4n) is 3.20. The maximum Gasteiger partial charge on any atom is 0.0724 e. The monoisotopic (exact) mass is 255 g/mol. The summed E-state index contributed by atoms with van der Waals surface area (Å²) in [5.41, 5.74) is 0.239. The maximum atomic E-state index is 5.55. The highest BCUT2D eigenvalue weighted by molar-refractivity contribution is 4.91. The number of nitrogens with one attached hydrogen (secondary N) is 2. The van der Waals surface area contributed by atoms with Crippen LogP contribution in [0.15, 0.2) is 0 Å². The molecule has 4 nitrogen and oxygen atoms in total. The first-order valence-electron chi connectivity index (χ1n) is 7.35. The first kappa shape index (κ1) is 14.3. The molecule has 2 atom stereocenters. The molecule has 1 aliphatic carbocycles. The molecule has 2 fully saturated rings. The van der Waals surface area contributed by atoms with Crippen molar-refractivity contribution in [2.45, 2.75) is 50.8 Å². The number of nitrogens with zero attached hydrogens (tertiary/aromatic N) is 1. The van der Waals surface area contributed by atoms with Gasteiger partial charge in [-0.25, -0.2) is 0 Å². The number of hydrogen-bond donors (Lipinski definition) is 2. The highest BCUT2D eigenvalue weighted by atomic mass is 16.5. The zero-order valence-corrected chi connectivity index (χ0v) is 12.2. The third-order valence-corrected chi connectivity index (χ3v) is 4.53. The lowest BCUT2D eigenvalue weighted by Crippen LogP contribution is -2.58. The standard InChI is InChI=1S/C14H29N3O/c1-14(2,17-9-7-15-8-10-17)11-16-12-5-4-6-13(12)18-3/h12-13,15-16H,4-11H2,1-3H3. The highest BCUT2D eigenvalue weighted by Crippen LogP contribution is 2.22. The van der Waals surface area contributed by atoms with E-state index in [2.05, 4.69) is 29.4 Å². The summed E-state index contributed by atoms with van der Waals surface area (Å²) in [5.74, 6) is 0. The van der Waals surface area contributed by atoms with Crippen molar-refractivity contribution in [1.29, 1.82) is 0 Å². The fraction of sp³-hybridized carbons (Fsp3) is 1.00. The van der Waals surface area contributed by atoms with E-state index >= 15 is 0 Å². The summed E-state index contributed by atoms with van der Waals surface area (Å²) in [6.45, 7) is 10.3. The zero-order chi connectivity index (χ0) is 13.0. The van der Waals surface area contributed by atoms with Crippen LogP contribution < -0.4 is 10.6 Å². The van der Waals surface area contributed by atoms with Gasteiger partial charge in [-0.2, -0.15) is 0 Å². The second-order valence-electron chi connectivity index (χ2n) is 6.24. The second kappa shape index (κ2) is 6.33. The molecule has 2 rings (SSSR count). The fourth-order valence-corrected chi connectivity index (χ4v) is 3.20. The van der Waals surface area contributed by atoms with Gasteiger partial charge in [0.25, 0.3) is 0 Å². The summed E-state index contributed by atoms with van der Waals surface area (Å²) in [4.78, 5) is 2.59. The molecule has 0 aromatic rings. The molecule has 0 aromatic heterocycles. The van der Waals surface area contributed by atoms with Crippen LogP contribution in [0.5, 0.6) is 0 Å². The van der Waals surface area contributed by atoms with E-state index in [0.717, 1.165) is 32.7 Å². The van der Waals surface area contributed by atoms with Crippen molar-refractivity contribution >= 4 is 0 Å². The van der Waals surface area contributed by atoms with Gasteiger partial charge in [0.1, 0.15) is 0 Å². The van der Waals surface area contributed by atoms with Gasteiger partial charge in [0, 0.05) is 51.4 Å². The first-order valence-corrected chi connectivity index (χ1v) is 7.35. The molecule has 0 radical (unpaired) electrons. The zero-order valence-electron chi connectivity index (χ0n) is 12.2. The average Bonchev–Trinajstić information content (AvgIpc) is 2.85. The molecule has 106 valence electrons. The molecular formula is C14H29N3O. The van der Waals surface area contributed by atoms with Crippen LogP contribution in [0.4, 0.5) is 0 Å². The molecule has 0 spiro atoms. The summed E-state index contributed by atoms with van der Waals surface area (Å²) >= 11 is 0. The van der Waals surface area contributed by atoms with Crippen LogP contribution in [0, 0.1) is 0 Å². The summed E-state index contributed by atoms with van der Waals surface area (Å²) in [6, 6.07) is 0.553. The molecule has 1 saturated carbocycles. The minimum atomic E-state index is 0.239.